The smallest absolute Gasteiger partial charge is 0.254 e. The van der Waals surface area contributed by atoms with Crippen molar-refractivity contribution in [1.82, 2.24) is 5.32 Å². The van der Waals surface area contributed by atoms with Crippen LogP contribution in [0.3, 0.4) is 0 Å². The molecule has 0 aromatic carbocycles. The molecule has 1 fully saturated rings. The minimum absolute atomic E-state index is 0.0801. The molecule has 2 rings (SSSR count). The van der Waals surface area contributed by atoms with Crippen molar-refractivity contribution in [1.29, 1.82) is 0 Å². The molecule has 0 spiro atoms. The van der Waals surface area contributed by atoms with Crippen LogP contribution in [-0.2, 0) is 9.47 Å². The number of amides is 1. The van der Waals surface area contributed by atoms with Crippen LogP contribution in [-0.4, -0.2) is 38.9 Å². The van der Waals surface area contributed by atoms with Gasteiger partial charge in [0.05, 0.1) is 18.8 Å². The fourth-order valence-corrected chi connectivity index (χ4v) is 2.29. The summed E-state index contributed by atoms with van der Waals surface area (Å²) in [4.78, 5) is 11.9. The number of carbonyl (C=O) groups excluding carboxylic acids is 1. The maximum absolute atomic E-state index is 11.9. The molecule has 1 atom stereocenters. The molecule has 1 aliphatic rings. The SMILES string of the molecule is Cc1cc(C(=O)NCCCOC[C@@H]2CCOC2)c(C)o1. The van der Waals surface area contributed by atoms with Crippen LogP contribution in [0.25, 0.3) is 0 Å². The monoisotopic (exact) mass is 281 g/mol. The molecule has 1 aromatic rings. The van der Waals surface area contributed by atoms with E-state index in [4.69, 9.17) is 13.9 Å². The lowest BCUT2D eigenvalue weighted by Gasteiger charge is -2.09. The van der Waals surface area contributed by atoms with Crippen molar-refractivity contribution < 1.29 is 18.7 Å². The number of hydrogen-bond acceptors (Lipinski definition) is 4. The first-order valence-electron chi connectivity index (χ1n) is 7.17. The van der Waals surface area contributed by atoms with E-state index < -0.39 is 0 Å². The van der Waals surface area contributed by atoms with Crippen molar-refractivity contribution in [3.05, 3.63) is 23.2 Å². The Morgan fingerprint density at radius 1 is 1.50 bits per heavy atom. The van der Waals surface area contributed by atoms with Gasteiger partial charge in [-0.3, -0.25) is 4.79 Å². The van der Waals surface area contributed by atoms with Gasteiger partial charge in [0, 0.05) is 25.7 Å². The van der Waals surface area contributed by atoms with Crippen LogP contribution in [0.4, 0.5) is 0 Å². The Morgan fingerprint density at radius 2 is 2.35 bits per heavy atom. The van der Waals surface area contributed by atoms with Crippen molar-refractivity contribution in [2.75, 3.05) is 33.0 Å². The third-order valence-electron chi connectivity index (χ3n) is 3.41. The summed E-state index contributed by atoms with van der Waals surface area (Å²) in [5.41, 5.74) is 0.617. The molecule has 1 aliphatic heterocycles. The first-order valence-corrected chi connectivity index (χ1v) is 7.17. The van der Waals surface area contributed by atoms with Crippen LogP contribution in [0.2, 0.25) is 0 Å². The largest absolute Gasteiger partial charge is 0.466 e. The first kappa shape index (κ1) is 15.1. The zero-order valence-electron chi connectivity index (χ0n) is 12.2. The van der Waals surface area contributed by atoms with E-state index in [1.54, 1.807) is 13.0 Å². The average molecular weight is 281 g/mol. The molecular formula is C15H23NO4. The van der Waals surface area contributed by atoms with Gasteiger partial charge in [0.25, 0.3) is 5.91 Å². The van der Waals surface area contributed by atoms with Gasteiger partial charge in [0.15, 0.2) is 0 Å². The zero-order valence-corrected chi connectivity index (χ0v) is 12.2. The molecule has 0 unspecified atom stereocenters. The Hall–Kier alpha value is -1.33. The van der Waals surface area contributed by atoms with Gasteiger partial charge in [0.2, 0.25) is 0 Å². The number of aryl methyl sites for hydroxylation is 2. The number of hydrogen-bond donors (Lipinski definition) is 1. The Morgan fingerprint density at radius 3 is 3.00 bits per heavy atom. The topological polar surface area (TPSA) is 60.7 Å². The highest BCUT2D eigenvalue weighted by molar-refractivity contribution is 5.95. The standard InChI is InChI=1S/C15H23NO4/c1-11-8-14(12(2)20-11)15(17)16-5-3-6-18-9-13-4-7-19-10-13/h8,13H,3-7,9-10H2,1-2H3,(H,16,17)/t13-/m0/s1. The van der Waals surface area contributed by atoms with Gasteiger partial charge in [-0.05, 0) is 32.8 Å². The maximum atomic E-state index is 11.9. The molecule has 1 N–H and O–H groups in total. The van der Waals surface area contributed by atoms with E-state index in [0.29, 0.717) is 30.4 Å². The molecular weight excluding hydrogens is 258 g/mol. The summed E-state index contributed by atoms with van der Waals surface area (Å²) in [5, 5.41) is 2.88. The van der Waals surface area contributed by atoms with Crippen molar-refractivity contribution >= 4 is 5.91 Å². The maximum Gasteiger partial charge on any atom is 0.254 e. The quantitative estimate of drug-likeness (QED) is 0.777. The van der Waals surface area contributed by atoms with Gasteiger partial charge in [-0.15, -0.1) is 0 Å². The Balaban J connectivity index is 1.56. The Kier molecular flexibility index (Phi) is 5.61. The van der Waals surface area contributed by atoms with E-state index in [1.807, 2.05) is 6.92 Å². The molecule has 0 aliphatic carbocycles. The van der Waals surface area contributed by atoms with E-state index in [1.165, 1.54) is 0 Å². The third kappa shape index (κ3) is 4.35. The molecule has 1 saturated heterocycles. The lowest BCUT2D eigenvalue weighted by atomic mass is 10.1. The molecule has 1 amide bonds. The van der Waals surface area contributed by atoms with Crippen LogP contribution in [0.15, 0.2) is 10.5 Å². The third-order valence-corrected chi connectivity index (χ3v) is 3.41. The molecule has 0 radical (unpaired) electrons. The van der Waals surface area contributed by atoms with Gasteiger partial charge in [-0.1, -0.05) is 0 Å². The highest BCUT2D eigenvalue weighted by Gasteiger charge is 2.15. The van der Waals surface area contributed by atoms with Gasteiger partial charge in [-0.25, -0.2) is 0 Å². The van der Waals surface area contributed by atoms with Crippen molar-refractivity contribution in [3.63, 3.8) is 0 Å². The molecule has 20 heavy (non-hydrogen) atoms. The summed E-state index contributed by atoms with van der Waals surface area (Å²) in [6.07, 6.45) is 1.91. The summed E-state index contributed by atoms with van der Waals surface area (Å²) in [6.45, 7) is 7.35. The molecule has 0 bridgehead atoms. The number of carbonyl (C=O) groups is 1. The fourth-order valence-electron chi connectivity index (χ4n) is 2.29. The van der Waals surface area contributed by atoms with Gasteiger partial charge >= 0.3 is 0 Å². The van der Waals surface area contributed by atoms with Crippen molar-refractivity contribution in [2.45, 2.75) is 26.7 Å². The summed E-state index contributed by atoms with van der Waals surface area (Å²) in [5.74, 6) is 1.89. The summed E-state index contributed by atoms with van der Waals surface area (Å²) < 4.78 is 16.2. The fraction of sp³-hybridized carbons (Fsp3) is 0.667. The van der Waals surface area contributed by atoms with Crippen LogP contribution >= 0.6 is 0 Å². The molecule has 5 heteroatoms. The highest BCUT2D eigenvalue weighted by atomic mass is 16.5. The summed E-state index contributed by atoms with van der Waals surface area (Å²) >= 11 is 0. The minimum Gasteiger partial charge on any atom is -0.466 e. The summed E-state index contributed by atoms with van der Waals surface area (Å²) in [7, 11) is 0. The van der Waals surface area contributed by atoms with Gasteiger partial charge < -0.3 is 19.2 Å². The van der Waals surface area contributed by atoms with E-state index >= 15 is 0 Å². The van der Waals surface area contributed by atoms with Gasteiger partial charge in [-0.2, -0.15) is 0 Å². The normalized spacial score (nSPS) is 18.4. The lowest BCUT2D eigenvalue weighted by molar-refractivity contribution is 0.0853. The van der Waals surface area contributed by atoms with Crippen molar-refractivity contribution in [3.8, 4) is 0 Å². The zero-order chi connectivity index (χ0) is 14.4. The van der Waals surface area contributed by atoms with E-state index in [2.05, 4.69) is 5.32 Å². The van der Waals surface area contributed by atoms with E-state index in [0.717, 1.165) is 38.4 Å². The molecule has 2 heterocycles. The number of nitrogens with one attached hydrogen (secondary N) is 1. The Bertz CT molecular complexity index is 435. The predicted molar refractivity (Wildman–Crippen MR) is 74.9 cm³/mol. The van der Waals surface area contributed by atoms with Crippen molar-refractivity contribution in [2.24, 2.45) is 5.92 Å². The van der Waals surface area contributed by atoms with Crippen LogP contribution in [0.5, 0.6) is 0 Å². The molecule has 5 nitrogen and oxygen atoms in total. The van der Waals surface area contributed by atoms with Crippen LogP contribution < -0.4 is 5.32 Å². The summed E-state index contributed by atoms with van der Waals surface area (Å²) in [6, 6.07) is 1.77. The molecule has 0 saturated carbocycles. The first-order chi connectivity index (χ1) is 9.66. The Labute approximate surface area is 119 Å². The second kappa shape index (κ2) is 7.45. The number of ether oxygens (including phenoxy) is 2. The van der Waals surface area contributed by atoms with Gasteiger partial charge in [0.1, 0.15) is 11.5 Å². The van der Waals surface area contributed by atoms with Crippen LogP contribution in [0.1, 0.15) is 34.7 Å². The number of furan rings is 1. The van der Waals surface area contributed by atoms with E-state index in [9.17, 15) is 4.79 Å². The second-order valence-electron chi connectivity index (χ2n) is 5.24. The lowest BCUT2D eigenvalue weighted by Crippen LogP contribution is -2.25. The molecule has 112 valence electrons. The van der Waals surface area contributed by atoms with Crippen LogP contribution in [0, 0.1) is 19.8 Å². The highest BCUT2D eigenvalue weighted by Crippen LogP contribution is 2.13. The predicted octanol–water partition coefficient (Wildman–Crippen LogP) is 2.07. The average Bonchev–Trinajstić information content (AvgIpc) is 3.03. The second-order valence-corrected chi connectivity index (χ2v) is 5.24. The molecule has 1 aromatic heterocycles. The minimum atomic E-state index is -0.0801. The van der Waals surface area contributed by atoms with E-state index in [-0.39, 0.29) is 5.91 Å². The number of rotatable bonds is 7.